The number of amides is 2. The number of aliphatic hydroxyl groups excluding tert-OH is 1. The summed E-state index contributed by atoms with van der Waals surface area (Å²) in [5, 5.41) is 28.8. The molecule has 1 fully saturated rings. The standard InChI is InChI=1S/C25H30ClN5O4/c1-25(2,3)21-15-30(7-8-31(21)24(34)35)22-17(13-27)11-18(14-28-22)16-5-6-19(20(26)12-16)23(33)29(4)9-10-32/h5-6,11-12,14,21,32H,7-10,15H2,1-4H3,(H,34,35). The highest BCUT2D eigenvalue weighted by molar-refractivity contribution is 6.34. The molecule has 10 heteroatoms. The van der Waals surface area contributed by atoms with Crippen LogP contribution < -0.4 is 4.90 Å². The number of aromatic nitrogens is 1. The van der Waals surface area contributed by atoms with E-state index in [-0.39, 0.29) is 35.5 Å². The van der Waals surface area contributed by atoms with Crippen molar-refractivity contribution < 1.29 is 19.8 Å². The summed E-state index contributed by atoms with van der Waals surface area (Å²) >= 11 is 6.39. The van der Waals surface area contributed by atoms with Gasteiger partial charge in [0, 0.05) is 45.0 Å². The summed E-state index contributed by atoms with van der Waals surface area (Å²) in [4.78, 5) is 33.6. The Kier molecular flexibility index (Phi) is 7.88. The first-order valence-electron chi connectivity index (χ1n) is 11.3. The van der Waals surface area contributed by atoms with E-state index >= 15 is 0 Å². The molecule has 186 valence electrons. The van der Waals surface area contributed by atoms with E-state index in [2.05, 4.69) is 11.1 Å². The number of carboxylic acid groups (broad SMARTS) is 1. The van der Waals surface area contributed by atoms with Gasteiger partial charge in [-0.25, -0.2) is 9.78 Å². The molecule has 1 aliphatic rings. The van der Waals surface area contributed by atoms with Crippen molar-refractivity contribution in [1.29, 1.82) is 5.26 Å². The molecule has 3 rings (SSSR count). The number of pyridine rings is 1. The van der Waals surface area contributed by atoms with Gasteiger partial charge in [0.1, 0.15) is 11.9 Å². The van der Waals surface area contributed by atoms with Crippen LogP contribution in [0.25, 0.3) is 11.1 Å². The van der Waals surface area contributed by atoms with Crippen LogP contribution in [0.5, 0.6) is 0 Å². The number of carbonyl (C=O) groups excluding carboxylic acids is 1. The number of likely N-dealkylation sites (N-methyl/N-ethyl adjacent to an activating group) is 1. The summed E-state index contributed by atoms with van der Waals surface area (Å²) < 4.78 is 0. The van der Waals surface area contributed by atoms with Gasteiger partial charge in [0.15, 0.2) is 0 Å². The number of hydrogen-bond donors (Lipinski definition) is 2. The van der Waals surface area contributed by atoms with Gasteiger partial charge in [0.2, 0.25) is 0 Å². The van der Waals surface area contributed by atoms with Crippen LogP contribution in [0.15, 0.2) is 30.5 Å². The van der Waals surface area contributed by atoms with Crippen LogP contribution in [0, 0.1) is 16.7 Å². The summed E-state index contributed by atoms with van der Waals surface area (Å²) in [5.74, 6) is 0.217. The van der Waals surface area contributed by atoms with Crippen molar-refractivity contribution in [2.45, 2.75) is 26.8 Å². The van der Waals surface area contributed by atoms with Crippen LogP contribution in [0.2, 0.25) is 5.02 Å². The van der Waals surface area contributed by atoms with Gasteiger partial charge in [-0.05, 0) is 29.2 Å². The van der Waals surface area contributed by atoms with Crippen molar-refractivity contribution in [2.75, 3.05) is 44.7 Å². The van der Waals surface area contributed by atoms with Crippen molar-refractivity contribution in [1.82, 2.24) is 14.8 Å². The van der Waals surface area contributed by atoms with Crippen LogP contribution in [0.1, 0.15) is 36.7 Å². The van der Waals surface area contributed by atoms with Crippen LogP contribution in [-0.4, -0.2) is 82.9 Å². The number of benzene rings is 1. The van der Waals surface area contributed by atoms with Gasteiger partial charge >= 0.3 is 6.09 Å². The largest absolute Gasteiger partial charge is 0.465 e. The van der Waals surface area contributed by atoms with Gasteiger partial charge in [-0.2, -0.15) is 5.26 Å². The maximum Gasteiger partial charge on any atom is 0.407 e. The molecule has 2 heterocycles. The second-order valence-corrected chi connectivity index (χ2v) is 10.1. The molecule has 0 spiro atoms. The van der Waals surface area contributed by atoms with Crippen LogP contribution in [0.3, 0.4) is 0 Å². The molecule has 0 bridgehead atoms. The molecule has 1 atom stereocenters. The Morgan fingerprint density at radius 3 is 2.54 bits per heavy atom. The summed E-state index contributed by atoms with van der Waals surface area (Å²) in [6, 6.07) is 8.69. The first kappa shape index (κ1) is 26.3. The minimum absolute atomic E-state index is 0.144. The third-order valence-corrected chi connectivity index (χ3v) is 6.54. The zero-order valence-corrected chi connectivity index (χ0v) is 21.1. The zero-order chi connectivity index (χ0) is 25.9. The van der Waals surface area contributed by atoms with E-state index in [1.54, 1.807) is 37.5 Å². The van der Waals surface area contributed by atoms with E-state index in [1.807, 2.05) is 25.7 Å². The van der Waals surface area contributed by atoms with Gasteiger partial charge in [-0.3, -0.25) is 4.79 Å². The number of rotatable bonds is 5. The highest BCUT2D eigenvalue weighted by atomic mass is 35.5. The molecule has 0 radical (unpaired) electrons. The van der Waals surface area contributed by atoms with Crippen LogP contribution >= 0.6 is 11.6 Å². The second-order valence-electron chi connectivity index (χ2n) is 9.66. The highest BCUT2D eigenvalue weighted by Gasteiger charge is 2.38. The fraction of sp³-hybridized carbons (Fsp3) is 0.440. The van der Waals surface area contributed by atoms with E-state index in [0.29, 0.717) is 47.7 Å². The lowest BCUT2D eigenvalue weighted by Crippen LogP contribution is -2.59. The highest BCUT2D eigenvalue weighted by Crippen LogP contribution is 2.32. The van der Waals surface area contributed by atoms with Crippen molar-refractivity contribution in [2.24, 2.45) is 5.41 Å². The number of piperazine rings is 1. The predicted octanol–water partition coefficient (Wildman–Crippen LogP) is 3.55. The molecular formula is C25H30ClN5O4. The van der Waals surface area contributed by atoms with E-state index in [9.17, 15) is 20.0 Å². The van der Waals surface area contributed by atoms with Crippen molar-refractivity contribution in [3.63, 3.8) is 0 Å². The maximum absolute atomic E-state index is 12.5. The number of halogens is 1. The van der Waals surface area contributed by atoms with Gasteiger partial charge in [-0.1, -0.05) is 38.4 Å². The molecular weight excluding hydrogens is 470 g/mol. The number of nitrogens with zero attached hydrogens (tertiary/aromatic N) is 5. The smallest absolute Gasteiger partial charge is 0.407 e. The molecule has 2 N–H and O–H groups in total. The third-order valence-electron chi connectivity index (χ3n) is 6.23. The van der Waals surface area contributed by atoms with Crippen LogP contribution in [0.4, 0.5) is 10.6 Å². The molecule has 1 saturated heterocycles. The Morgan fingerprint density at radius 2 is 1.97 bits per heavy atom. The van der Waals surface area contributed by atoms with Gasteiger partial charge in [-0.15, -0.1) is 0 Å². The number of hydrogen-bond acceptors (Lipinski definition) is 6. The molecule has 2 amide bonds. The van der Waals surface area contributed by atoms with E-state index in [1.165, 1.54) is 9.80 Å². The first-order valence-corrected chi connectivity index (χ1v) is 11.7. The minimum Gasteiger partial charge on any atom is -0.465 e. The lowest BCUT2D eigenvalue weighted by atomic mass is 9.84. The summed E-state index contributed by atoms with van der Waals surface area (Å²) in [5.41, 5.74) is 1.78. The summed E-state index contributed by atoms with van der Waals surface area (Å²) in [6.45, 7) is 7.24. The van der Waals surface area contributed by atoms with E-state index < -0.39 is 6.09 Å². The Morgan fingerprint density at radius 1 is 1.26 bits per heavy atom. The zero-order valence-electron chi connectivity index (χ0n) is 20.3. The third kappa shape index (κ3) is 5.66. The van der Waals surface area contributed by atoms with E-state index in [0.717, 1.165) is 0 Å². The quantitative estimate of drug-likeness (QED) is 0.645. The molecule has 35 heavy (non-hydrogen) atoms. The molecule has 0 saturated carbocycles. The SMILES string of the molecule is CN(CCO)C(=O)c1ccc(-c2cnc(N3CCN(C(=O)O)C(C(C)(C)C)C3)c(C#N)c2)cc1Cl. The Labute approximate surface area is 210 Å². The Balaban J connectivity index is 1.89. The van der Waals surface area contributed by atoms with Gasteiger partial charge in [0.25, 0.3) is 5.91 Å². The number of aliphatic hydroxyl groups is 1. The Bertz CT molecular complexity index is 1160. The molecule has 1 unspecified atom stereocenters. The first-order chi connectivity index (χ1) is 16.5. The molecule has 1 aromatic carbocycles. The number of anilines is 1. The lowest BCUT2D eigenvalue weighted by molar-refractivity contribution is 0.0746. The normalized spacial score (nSPS) is 16.1. The summed E-state index contributed by atoms with van der Waals surface area (Å²) in [6.07, 6.45) is 0.700. The van der Waals surface area contributed by atoms with Crippen molar-refractivity contribution >= 4 is 29.4 Å². The van der Waals surface area contributed by atoms with E-state index in [4.69, 9.17) is 16.7 Å². The minimum atomic E-state index is -0.949. The molecule has 0 aliphatic carbocycles. The fourth-order valence-electron chi connectivity index (χ4n) is 4.22. The monoisotopic (exact) mass is 499 g/mol. The maximum atomic E-state index is 12.5. The fourth-order valence-corrected chi connectivity index (χ4v) is 4.48. The summed E-state index contributed by atoms with van der Waals surface area (Å²) in [7, 11) is 1.59. The van der Waals surface area contributed by atoms with Gasteiger partial charge < -0.3 is 24.9 Å². The predicted molar refractivity (Wildman–Crippen MR) is 134 cm³/mol. The average molecular weight is 500 g/mol. The number of carbonyl (C=O) groups is 2. The van der Waals surface area contributed by atoms with Crippen LogP contribution in [-0.2, 0) is 0 Å². The number of nitriles is 1. The molecule has 1 aromatic heterocycles. The second kappa shape index (κ2) is 10.5. The topological polar surface area (TPSA) is 121 Å². The van der Waals surface area contributed by atoms with Crippen molar-refractivity contribution in [3.05, 3.63) is 46.6 Å². The Hall–Kier alpha value is -3.35. The average Bonchev–Trinajstić information content (AvgIpc) is 2.82. The van der Waals surface area contributed by atoms with Crippen molar-refractivity contribution in [3.8, 4) is 17.2 Å². The molecule has 2 aromatic rings. The molecule has 9 nitrogen and oxygen atoms in total. The lowest BCUT2D eigenvalue weighted by Gasteiger charge is -2.46. The van der Waals surface area contributed by atoms with Gasteiger partial charge in [0.05, 0.1) is 28.8 Å². The molecule has 1 aliphatic heterocycles.